The van der Waals surface area contributed by atoms with Crippen molar-refractivity contribution >= 4 is 0 Å². The van der Waals surface area contributed by atoms with Gasteiger partial charge in [-0.25, -0.2) is 0 Å². The number of rotatable bonds is 2. The molecule has 1 aliphatic carbocycles. The van der Waals surface area contributed by atoms with Crippen LogP contribution in [0.5, 0.6) is 23.0 Å². The summed E-state index contributed by atoms with van der Waals surface area (Å²) in [5.41, 5.74) is 1.92. The van der Waals surface area contributed by atoms with Gasteiger partial charge in [-0.15, -0.1) is 0 Å². The quantitative estimate of drug-likeness (QED) is 0.889. The summed E-state index contributed by atoms with van der Waals surface area (Å²) >= 11 is 0. The Morgan fingerprint density at radius 1 is 1.09 bits per heavy atom. The van der Waals surface area contributed by atoms with Crippen molar-refractivity contribution < 1.29 is 24.4 Å². The summed E-state index contributed by atoms with van der Waals surface area (Å²) in [4.78, 5) is 0. The molecule has 0 spiro atoms. The van der Waals surface area contributed by atoms with Crippen LogP contribution in [0.25, 0.3) is 0 Å². The SMILES string of the molecule is COc1cc2c(cc1OC)[C@H]1c3ccc(O)cc3OC[C@@]1(O)C2. The summed E-state index contributed by atoms with van der Waals surface area (Å²) in [5, 5.41) is 20.8. The van der Waals surface area contributed by atoms with Gasteiger partial charge in [0.25, 0.3) is 0 Å². The minimum absolute atomic E-state index is 0.153. The van der Waals surface area contributed by atoms with E-state index in [1.807, 2.05) is 18.2 Å². The van der Waals surface area contributed by atoms with E-state index in [0.29, 0.717) is 23.7 Å². The van der Waals surface area contributed by atoms with E-state index in [4.69, 9.17) is 14.2 Å². The van der Waals surface area contributed by atoms with Crippen LogP contribution in [-0.2, 0) is 6.42 Å². The zero-order valence-electron chi connectivity index (χ0n) is 13.0. The van der Waals surface area contributed by atoms with Crippen molar-refractivity contribution in [2.75, 3.05) is 20.8 Å². The highest BCUT2D eigenvalue weighted by Crippen LogP contribution is 2.53. The summed E-state index contributed by atoms with van der Waals surface area (Å²) < 4.78 is 16.5. The molecular formula is C18H18O5. The molecule has 0 amide bonds. The second kappa shape index (κ2) is 4.80. The summed E-state index contributed by atoms with van der Waals surface area (Å²) in [5.74, 6) is 1.85. The number of benzene rings is 2. The van der Waals surface area contributed by atoms with Gasteiger partial charge in [0.15, 0.2) is 11.5 Å². The molecule has 1 aliphatic heterocycles. The first kappa shape index (κ1) is 14.2. The van der Waals surface area contributed by atoms with Gasteiger partial charge >= 0.3 is 0 Å². The maximum absolute atomic E-state index is 11.1. The van der Waals surface area contributed by atoms with E-state index in [9.17, 15) is 10.2 Å². The predicted octanol–water partition coefficient (Wildman–Crippen LogP) is 2.22. The summed E-state index contributed by atoms with van der Waals surface area (Å²) in [6.45, 7) is 0.188. The second-order valence-corrected chi connectivity index (χ2v) is 6.13. The Bertz CT molecular complexity index is 785. The number of hydrogen-bond donors (Lipinski definition) is 2. The topological polar surface area (TPSA) is 68.2 Å². The number of aromatic hydroxyl groups is 1. The number of phenolic OH excluding ortho intramolecular Hbond substituents is 1. The van der Waals surface area contributed by atoms with Crippen LogP contribution in [0, 0.1) is 0 Å². The molecule has 0 aromatic heterocycles. The lowest BCUT2D eigenvalue weighted by molar-refractivity contribution is -0.0218. The third-order valence-electron chi connectivity index (χ3n) is 4.78. The van der Waals surface area contributed by atoms with Gasteiger partial charge in [-0.1, -0.05) is 6.07 Å². The normalized spacial score (nSPS) is 24.2. The third-order valence-corrected chi connectivity index (χ3v) is 4.78. The number of phenols is 1. The number of fused-ring (bicyclic) bond motifs is 5. The lowest BCUT2D eigenvalue weighted by Crippen LogP contribution is -2.43. The van der Waals surface area contributed by atoms with Crippen molar-refractivity contribution in [2.45, 2.75) is 17.9 Å². The van der Waals surface area contributed by atoms with Gasteiger partial charge in [-0.3, -0.25) is 0 Å². The lowest BCUT2D eigenvalue weighted by atomic mass is 9.80. The van der Waals surface area contributed by atoms with Gasteiger partial charge in [-0.05, 0) is 29.3 Å². The highest BCUT2D eigenvalue weighted by molar-refractivity contribution is 5.59. The maximum atomic E-state index is 11.1. The molecule has 0 fully saturated rings. The largest absolute Gasteiger partial charge is 0.508 e. The molecule has 0 bridgehead atoms. The van der Waals surface area contributed by atoms with Crippen LogP contribution in [0.4, 0.5) is 0 Å². The fourth-order valence-electron chi connectivity index (χ4n) is 3.76. The van der Waals surface area contributed by atoms with Crippen molar-refractivity contribution in [1.82, 2.24) is 0 Å². The van der Waals surface area contributed by atoms with Gasteiger partial charge in [0.05, 0.1) is 14.2 Å². The number of aliphatic hydroxyl groups is 1. The molecular weight excluding hydrogens is 296 g/mol. The lowest BCUT2D eigenvalue weighted by Gasteiger charge is -2.36. The van der Waals surface area contributed by atoms with Gasteiger partial charge in [-0.2, -0.15) is 0 Å². The van der Waals surface area contributed by atoms with E-state index >= 15 is 0 Å². The van der Waals surface area contributed by atoms with Crippen LogP contribution >= 0.6 is 0 Å². The van der Waals surface area contributed by atoms with Crippen molar-refractivity contribution in [3.05, 3.63) is 47.0 Å². The fourth-order valence-corrected chi connectivity index (χ4v) is 3.76. The average Bonchev–Trinajstić information content (AvgIpc) is 2.84. The Morgan fingerprint density at radius 3 is 2.57 bits per heavy atom. The maximum Gasteiger partial charge on any atom is 0.161 e. The second-order valence-electron chi connectivity index (χ2n) is 6.13. The molecule has 0 radical (unpaired) electrons. The number of methoxy groups -OCH3 is 2. The Balaban J connectivity index is 1.91. The van der Waals surface area contributed by atoms with Crippen LogP contribution in [0.3, 0.4) is 0 Å². The van der Waals surface area contributed by atoms with Crippen LogP contribution in [-0.4, -0.2) is 36.6 Å². The Morgan fingerprint density at radius 2 is 1.83 bits per heavy atom. The van der Waals surface area contributed by atoms with Crippen molar-refractivity contribution in [3.8, 4) is 23.0 Å². The molecule has 2 aliphatic rings. The predicted molar refractivity (Wildman–Crippen MR) is 83.6 cm³/mol. The Labute approximate surface area is 134 Å². The van der Waals surface area contributed by atoms with Crippen LogP contribution < -0.4 is 14.2 Å². The Kier molecular flexibility index (Phi) is 2.96. The smallest absolute Gasteiger partial charge is 0.161 e. The molecule has 2 aromatic carbocycles. The van der Waals surface area contributed by atoms with Gasteiger partial charge in [0, 0.05) is 24.0 Å². The molecule has 2 N–H and O–H groups in total. The van der Waals surface area contributed by atoms with E-state index in [-0.39, 0.29) is 18.3 Å². The molecule has 23 heavy (non-hydrogen) atoms. The summed E-state index contributed by atoms with van der Waals surface area (Å²) in [7, 11) is 3.20. The van der Waals surface area contributed by atoms with Gasteiger partial charge < -0.3 is 24.4 Å². The van der Waals surface area contributed by atoms with E-state index in [2.05, 4.69) is 0 Å². The molecule has 2 aromatic rings. The van der Waals surface area contributed by atoms with E-state index in [0.717, 1.165) is 16.7 Å². The first-order valence-corrected chi connectivity index (χ1v) is 7.48. The van der Waals surface area contributed by atoms with Crippen molar-refractivity contribution in [2.24, 2.45) is 0 Å². The Hall–Kier alpha value is -2.40. The minimum Gasteiger partial charge on any atom is -0.508 e. The summed E-state index contributed by atoms with van der Waals surface area (Å²) in [6.07, 6.45) is 0.494. The average molecular weight is 314 g/mol. The zero-order chi connectivity index (χ0) is 16.2. The first-order valence-electron chi connectivity index (χ1n) is 7.48. The highest BCUT2D eigenvalue weighted by atomic mass is 16.5. The molecule has 5 heteroatoms. The highest BCUT2D eigenvalue weighted by Gasteiger charge is 2.50. The molecule has 2 atom stereocenters. The van der Waals surface area contributed by atoms with Crippen LogP contribution in [0.1, 0.15) is 22.6 Å². The van der Waals surface area contributed by atoms with Crippen molar-refractivity contribution in [1.29, 1.82) is 0 Å². The first-order chi connectivity index (χ1) is 11.1. The fraction of sp³-hybridized carbons (Fsp3) is 0.333. The zero-order valence-corrected chi connectivity index (χ0v) is 13.0. The van der Waals surface area contributed by atoms with Crippen LogP contribution in [0.2, 0.25) is 0 Å². The molecule has 1 heterocycles. The van der Waals surface area contributed by atoms with E-state index in [1.165, 1.54) is 0 Å². The van der Waals surface area contributed by atoms with E-state index < -0.39 is 5.60 Å². The summed E-state index contributed by atoms with van der Waals surface area (Å²) in [6, 6.07) is 8.87. The van der Waals surface area contributed by atoms with Crippen LogP contribution in [0.15, 0.2) is 30.3 Å². The molecule has 0 saturated carbocycles. The molecule has 0 unspecified atom stereocenters. The standard InChI is InChI=1S/C18H18O5/c1-21-15-5-10-8-18(20)9-23-14-6-11(19)3-4-12(14)17(18)13(10)7-16(15)22-2/h3-7,17,19-20H,8-9H2,1-2H3/t17-,18+/m1/s1. The van der Waals surface area contributed by atoms with Crippen molar-refractivity contribution in [3.63, 3.8) is 0 Å². The molecule has 120 valence electrons. The molecule has 4 rings (SSSR count). The van der Waals surface area contributed by atoms with Gasteiger partial charge in [0.2, 0.25) is 0 Å². The number of ether oxygens (including phenoxy) is 3. The van der Waals surface area contributed by atoms with Gasteiger partial charge in [0.1, 0.15) is 23.7 Å². The molecule has 5 nitrogen and oxygen atoms in total. The third kappa shape index (κ3) is 1.96. The van der Waals surface area contributed by atoms with E-state index in [1.54, 1.807) is 26.4 Å². The molecule has 0 saturated heterocycles. The number of hydrogen-bond acceptors (Lipinski definition) is 5. The monoisotopic (exact) mass is 314 g/mol. The minimum atomic E-state index is -0.996.